The van der Waals surface area contributed by atoms with Gasteiger partial charge in [-0.2, -0.15) is 0 Å². The van der Waals surface area contributed by atoms with Crippen LogP contribution in [0.4, 0.5) is 0 Å². The predicted molar refractivity (Wildman–Crippen MR) is 62.6 cm³/mol. The second-order valence-electron chi connectivity index (χ2n) is 3.75. The highest BCUT2D eigenvalue weighted by Crippen LogP contribution is 2.10. The van der Waals surface area contributed by atoms with E-state index < -0.39 is 0 Å². The largest absolute Gasteiger partial charge is 0.299 e. The van der Waals surface area contributed by atoms with Gasteiger partial charge in [0.15, 0.2) is 0 Å². The molecule has 0 radical (unpaired) electrons. The van der Waals surface area contributed by atoms with Crippen molar-refractivity contribution in [1.82, 2.24) is 0 Å². The van der Waals surface area contributed by atoms with Gasteiger partial charge >= 0.3 is 0 Å². The fraction of sp³-hybridized carbons (Fsp3) is 0.417. The lowest BCUT2D eigenvalue weighted by atomic mass is 10.0. The van der Waals surface area contributed by atoms with E-state index in [9.17, 15) is 4.79 Å². The van der Waals surface area contributed by atoms with Crippen molar-refractivity contribution in [2.24, 2.45) is 5.92 Å². The maximum absolute atomic E-state index is 11.5. The smallest absolute Gasteiger partial charge is 0.139 e. The molecule has 76 valence electrons. The first-order chi connectivity index (χ1) is 6.63. The Hall–Kier alpha value is -0.630. The third-order valence-electron chi connectivity index (χ3n) is 2.20. The van der Waals surface area contributed by atoms with Crippen LogP contribution in [-0.4, -0.2) is 5.78 Å². The summed E-state index contributed by atoms with van der Waals surface area (Å²) in [6.07, 6.45) is 0.556. The van der Waals surface area contributed by atoms with E-state index >= 15 is 0 Å². The van der Waals surface area contributed by atoms with E-state index in [1.165, 1.54) is 5.56 Å². The molecular formula is C12H15BrO. The summed E-state index contributed by atoms with van der Waals surface area (Å²) in [6.45, 7) is 3.88. The van der Waals surface area contributed by atoms with Crippen LogP contribution in [0.2, 0.25) is 0 Å². The van der Waals surface area contributed by atoms with Crippen molar-refractivity contribution >= 4 is 21.7 Å². The zero-order valence-corrected chi connectivity index (χ0v) is 10.2. The van der Waals surface area contributed by atoms with Gasteiger partial charge in [-0.05, 0) is 11.1 Å². The molecule has 1 aromatic rings. The number of alkyl halides is 1. The predicted octanol–water partition coefficient (Wildman–Crippen LogP) is 3.35. The van der Waals surface area contributed by atoms with Crippen LogP contribution in [0.5, 0.6) is 0 Å². The second-order valence-corrected chi connectivity index (χ2v) is 4.31. The van der Waals surface area contributed by atoms with Crippen LogP contribution in [0.3, 0.4) is 0 Å². The molecule has 0 bridgehead atoms. The Labute approximate surface area is 93.7 Å². The zero-order chi connectivity index (χ0) is 10.6. The fourth-order valence-corrected chi connectivity index (χ4v) is 1.53. The number of carbonyl (C=O) groups excluding carboxylic acids is 1. The van der Waals surface area contributed by atoms with E-state index in [0.29, 0.717) is 12.2 Å². The number of benzene rings is 1. The van der Waals surface area contributed by atoms with Gasteiger partial charge in [0.25, 0.3) is 0 Å². The van der Waals surface area contributed by atoms with Gasteiger partial charge < -0.3 is 0 Å². The van der Waals surface area contributed by atoms with Crippen molar-refractivity contribution in [3.63, 3.8) is 0 Å². The summed E-state index contributed by atoms with van der Waals surface area (Å²) in [5.74, 6) is 0.433. The summed E-state index contributed by atoms with van der Waals surface area (Å²) in [5.41, 5.74) is 2.35. The van der Waals surface area contributed by atoms with Crippen molar-refractivity contribution in [1.29, 1.82) is 0 Å². The zero-order valence-electron chi connectivity index (χ0n) is 8.59. The van der Waals surface area contributed by atoms with E-state index in [0.717, 1.165) is 10.9 Å². The molecule has 1 nitrogen and oxygen atoms in total. The Morgan fingerprint density at radius 2 is 1.71 bits per heavy atom. The summed E-state index contributed by atoms with van der Waals surface area (Å²) in [6, 6.07) is 8.16. The summed E-state index contributed by atoms with van der Waals surface area (Å²) in [5, 5.41) is 0.866. The fourth-order valence-electron chi connectivity index (χ4n) is 1.15. The van der Waals surface area contributed by atoms with Crippen molar-refractivity contribution in [3.05, 3.63) is 35.4 Å². The van der Waals surface area contributed by atoms with Gasteiger partial charge in [-0.3, -0.25) is 4.79 Å². The molecule has 0 atom stereocenters. The van der Waals surface area contributed by atoms with Crippen molar-refractivity contribution in [2.75, 3.05) is 0 Å². The summed E-state index contributed by atoms with van der Waals surface area (Å²) < 4.78 is 0. The number of carbonyl (C=O) groups is 1. The Morgan fingerprint density at radius 3 is 2.14 bits per heavy atom. The monoisotopic (exact) mass is 254 g/mol. The van der Waals surface area contributed by atoms with Gasteiger partial charge in [0.1, 0.15) is 5.78 Å². The SMILES string of the molecule is CC(C)C(=O)Cc1ccc(CBr)cc1. The maximum atomic E-state index is 11.5. The molecule has 0 aromatic heterocycles. The molecule has 0 unspecified atom stereocenters. The van der Waals surface area contributed by atoms with E-state index in [4.69, 9.17) is 0 Å². The van der Waals surface area contributed by atoms with Crippen molar-refractivity contribution < 1.29 is 4.79 Å². The number of hydrogen-bond acceptors (Lipinski definition) is 1. The lowest BCUT2D eigenvalue weighted by molar-refractivity contribution is -0.121. The van der Waals surface area contributed by atoms with E-state index in [-0.39, 0.29) is 5.92 Å². The first-order valence-electron chi connectivity index (χ1n) is 4.80. The lowest BCUT2D eigenvalue weighted by Crippen LogP contribution is -2.09. The van der Waals surface area contributed by atoms with Crippen LogP contribution in [0, 0.1) is 5.92 Å². The second kappa shape index (κ2) is 5.30. The first kappa shape index (κ1) is 11.4. The molecule has 0 aliphatic heterocycles. The Morgan fingerprint density at radius 1 is 1.21 bits per heavy atom. The van der Waals surface area contributed by atoms with Crippen molar-refractivity contribution in [3.8, 4) is 0 Å². The molecule has 0 saturated carbocycles. The average molecular weight is 255 g/mol. The minimum atomic E-state index is 0.130. The van der Waals surface area contributed by atoms with Crippen LogP contribution >= 0.6 is 15.9 Å². The highest BCUT2D eigenvalue weighted by Gasteiger charge is 2.07. The number of halogens is 1. The van der Waals surface area contributed by atoms with Gasteiger partial charge in [0.2, 0.25) is 0 Å². The molecule has 0 amide bonds. The van der Waals surface area contributed by atoms with Gasteiger partial charge in [0.05, 0.1) is 0 Å². The molecular weight excluding hydrogens is 240 g/mol. The number of Topliss-reactive ketones (excluding diaryl/α,β-unsaturated/α-hetero) is 1. The van der Waals surface area contributed by atoms with E-state index in [2.05, 4.69) is 28.1 Å². The van der Waals surface area contributed by atoms with Gasteiger partial charge in [-0.1, -0.05) is 54.0 Å². The van der Waals surface area contributed by atoms with Crippen LogP contribution in [0.1, 0.15) is 25.0 Å². The molecule has 0 aliphatic carbocycles. The quantitative estimate of drug-likeness (QED) is 0.754. The Bertz CT molecular complexity index is 301. The van der Waals surface area contributed by atoms with Crippen molar-refractivity contribution in [2.45, 2.75) is 25.6 Å². The van der Waals surface area contributed by atoms with Crippen LogP contribution in [0.15, 0.2) is 24.3 Å². The number of hydrogen-bond donors (Lipinski definition) is 0. The lowest BCUT2D eigenvalue weighted by Gasteiger charge is -2.04. The standard InChI is InChI=1S/C12H15BrO/c1-9(2)12(14)7-10-3-5-11(8-13)6-4-10/h3-6,9H,7-8H2,1-2H3. The molecule has 0 spiro atoms. The summed E-state index contributed by atoms with van der Waals surface area (Å²) in [4.78, 5) is 11.5. The first-order valence-corrected chi connectivity index (χ1v) is 5.92. The molecule has 0 aliphatic rings. The van der Waals surface area contributed by atoms with Gasteiger partial charge in [-0.25, -0.2) is 0 Å². The average Bonchev–Trinajstić information content (AvgIpc) is 2.19. The van der Waals surface area contributed by atoms with E-state index in [1.807, 2.05) is 26.0 Å². The molecule has 0 heterocycles. The molecule has 1 aromatic carbocycles. The van der Waals surface area contributed by atoms with Crippen LogP contribution in [0.25, 0.3) is 0 Å². The summed E-state index contributed by atoms with van der Waals surface area (Å²) >= 11 is 3.39. The maximum Gasteiger partial charge on any atom is 0.139 e. The molecule has 14 heavy (non-hydrogen) atoms. The third-order valence-corrected chi connectivity index (χ3v) is 2.85. The third kappa shape index (κ3) is 3.26. The summed E-state index contributed by atoms with van der Waals surface area (Å²) in [7, 11) is 0. The number of ketones is 1. The topological polar surface area (TPSA) is 17.1 Å². The highest BCUT2D eigenvalue weighted by molar-refractivity contribution is 9.08. The van der Waals surface area contributed by atoms with Crippen LogP contribution in [-0.2, 0) is 16.5 Å². The number of rotatable bonds is 4. The van der Waals surface area contributed by atoms with Crippen LogP contribution < -0.4 is 0 Å². The molecule has 2 heteroatoms. The minimum Gasteiger partial charge on any atom is -0.299 e. The van der Waals surface area contributed by atoms with Gasteiger partial charge in [-0.15, -0.1) is 0 Å². The van der Waals surface area contributed by atoms with E-state index in [1.54, 1.807) is 0 Å². The molecule has 0 N–H and O–H groups in total. The highest BCUT2D eigenvalue weighted by atomic mass is 79.9. The molecule has 1 rings (SSSR count). The Kier molecular flexibility index (Phi) is 4.33. The molecule has 0 saturated heterocycles. The molecule has 0 fully saturated rings. The normalized spacial score (nSPS) is 10.6. The minimum absolute atomic E-state index is 0.130. The Balaban J connectivity index is 2.64. The van der Waals surface area contributed by atoms with Gasteiger partial charge in [0, 0.05) is 17.7 Å².